The first-order chi connectivity index (χ1) is 9.52. The number of likely N-dealkylation sites (N-methyl/N-ethyl adjacent to an activating group) is 1. The second kappa shape index (κ2) is 6.66. The molecule has 0 aromatic heterocycles. The van der Waals surface area contributed by atoms with E-state index >= 15 is 0 Å². The maximum absolute atomic E-state index is 14.0. The number of rotatable bonds is 4. The van der Waals surface area contributed by atoms with Gasteiger partial charge in [0.25, 0.3) is 0 Å². The summed E-state index contributed by atoms with van der Waals surface area (Å²) in [5, 5.41) is 3.37. The molecule has 2 aromatic carbocycles. The molecule has 1 atom stereocenters. The lowest BCUT2D eigenvalue weighted by atomic mass is 9.98. The first-order valence-corrected chi connectivity index (χ1v) is 7.25. The fourth-order valence-corrected chi connectivity index (χ4v) is 2.88. The van der Waals surface area contributed by atoms with Crippen molar-refractivity contribution >= 4 is 27.5 Å². The number of halogens is 4. The highest BCUT2D eigenvalue weighted by molar-refractivity contribution is 9.10. The monoisotopic (exact) mass is 359 g/mol. The molecule has 0 bridgehead atoms. The predicted octanol–water partition coefficient (Wildman–Crippen LogP) is 4.88. The molecular weight excluding hydrogens is 348 g/mol. The van der Waals surface area contributed by atoms with Gasteiger partial charge in [0.05, 0.1) is 0 Å². The van der Waals surface area contributed by atoms with E-state index in [1.807, 2.05) is 0 Å². The van der Waals surface area contributed by atoms with Crippen molar-refractivity contribution in [1.82, 2.24) is 5.32 Å². The minimum absolute atomic E-state index is 0.326. The summed E-state index contributed by atoms with van der Waals surface area (Å²) in [5.41, 5.74) is 0.980. The Labute approximate surface area is 130 Å². The molecule has 5 heteroatoms. The Bertz CT molecular complexity index is 599. The molecule has 0 aliphatic heterocycles. The third kappa shape index (κ3) is 3.37. The average molecular weight is 361 g/mol. The van der Waals surface area contributed by atoms with Crippen LogP contribution in [0.1, 0.15) is 17.2 Å². The van der Waals surface area contributed by atoms with Gasteiger partial charge in [-0.1, -0.05) is 39.7 Å². The first kappa shape index (κ1) is 15.4. The Morgan fingerprint density at radius 2 is 1.95 bits per heavy atom. The van der Waals surface area contributed by atoms with Crippen LogP contribution in [0.2, 0.25) is 5.02 Å². The van der Waals surface area contributed by atoms with Crippen molar-refractivity contribution in [3.05, 3.63) is 68.7 Å². The molecule has 0 fully saturated rings. The molecule has 0 saturated carbocycles. The Morgan fingerprint density at radius 1 is 1.20 bits per heavy atom. The summed E-state index contributed by atoms with van der Waals surface area (Å²) in [6.07, 6.45) is 0.332. The Kier molecular flexibility index (Phi) is 5.13. The average Bonchev–Trinajstić information content (AvgIpc) is 2.39. The molecule has 20 heavy (non-hydrogen) atoms. The zero-order valence-corrected chi connectivity index (χ0v) is 13.1. The lowest BCUT2D eigenvalue weighted by Crippen LogP contribution is -2.21. The van der Waals surface area contributed by atoms with Gasteiger partial charge in [-0.15, -0.1) is 0 Å². The van der Waals surface area contributed by atoms with E-state index in [4.69, 9.17) is 11.6 Å². The minimum atomic E-state index is -0.384. The van der Waals surface area contributed by atoms with Crippen LogP contribution in [0.3, 0.4) is 0 Å². The molecular formula is C15H13BrClF2N. The molecule has 2 aromatic rings. The van der Waals surface area contributed by atoms with Gasteiger partial charge in [0.1, 0.15) is 11.6 Å². The predicted molar refractivity (Wildman–Crippen MR) is 81.0 cm³/mol. The van der Waals surface area contributed by atoms with E-state index in [1.54, 1.807) is 31.3 Å². The van der Waals surface area contributed by atoms with Gasteiger partial charge in [0.2, 0.25) is 0 Å². The molecule has 0 aliphatic carbocycles. The standard InChI is InChI=1S/C15H13BrClF2N/c1-20-14(15-11(16)3-2-4-12(15)18)7-9-5-6-10(17)8-13(9)19/h2-6,8,14,20H,7H2,1H3. The minimum Gasteiger partial charge on any atom is -0.313 e. The second-order valence-electron chi connectivity index (χ2n) is 4.42. The third-order valence-corrected chi connectivity index (χ3v) is 4.06. The van der Waals surface area contributed by atoms with Crippen LogP contribution in [0.15, 0.2) is 40.9 Å². The zero-order valence-electron chi connectivity index (χ0n) is 10.8. The van der Waals surface area contributed by atoms with Crippen LogP contribution in [0.25, 0.3) is 0 Å². The lowest BCUT2D eigenvalue weighted by molar-refractivity contribution is 0.517. The van der Waals surface area contributed by atoms with Crippen LogP contribution in [-0.4, -0.2) is 7.05 Å². The van der Waals surface area contributed by atoms with Crippen molar-refractivity contribution in [1.29, 1.82) is 0 Å². The first-order valence-electron chi connectivity index (χ1n) is 6.08. The molecule has 0 spiro atoms. The molecule has 0 saturated heterocycles. The largest absolute Gasteiger partial charge is 0.313 e. The maximum atomic E-state index is 14.0. The van der Waals surface area contributed by atoms with Crippen LogP contribution in [0.4, 0.5) is 8.78 Å². The zero-order chi connectivity index (χ0) is 14.7. The normalized spacial score (nSPS) is 12.4. The summed E-state index contributed by atoms with van der Waals surface area (Å²) < 4.78 is 28.5. The van der Waals surface area contributed by atoms with E-state index < -0.39 is 0 Å². The highest BCUT2D eigenvalue weighted by atomic mass is 79.9. The fraction of sp³-hybridized carbons (Fsp3) is 0.200. The van der Waals surface area contributed by atoms with Crippen molar-refractivity contribution in [2.75, 3.05) is 7.05 Å². The van der Waals surface area contributed by atoms with Crippen LogP contribution in [-0.2, 0) is 6.42 Å². The van der Waals surface area contributed by atoms with Crippen LogP contribution < -0.4 is 5.32 Å². The summed E-state index contributed by atoms with van der Waals surface area (Å²) in [6.45, 7) is 0. The summed E-state index contributed by atoms with van der Waals surface area (Å²) in [4.78, 5) is 0. The molecule has 1 N–H and O–H groups in total. The van der Waals surface area contributed by atoms with E-state index in [9.17, 15) is 8.78 Å². The summed E-state index contributed by atoms with van der Waals surface area (Å²) >= 11 is 9.07. The number of benzene rings is 2. The molecule has 1 nitrogen and oxygen atoms in total. The highest BCUT2D eigenvalue weighted by Gasteiger charge is 2.19. The van der Waals surface area contributed by atoms with Crippen molar-refractivity contribution in [2.45, 2.75) is 12.5 Å². The van der Waals surface area contributed by atoms with Gasteiger partial charge in [0.15, 0.2) is 0 Å². The highest BCUT2D eigenvalue weighted by Crippen LogP contribution is 2.29. The van der Waals surface area contributed by atoms with Gasteiger partial charge in [-0.05, 0) is 43.3 Å². The lowest BCUT2D eigenvalue weighted by Gasteiger charge is -2.19. The van der Waals surface area contributed by atoms with Crippen molar-refractivity contribution in [3.63, 3.8) is 0 Å². The van der Waals surface area contributed by atoms with E-state index in [1.165, 1.54) is 12.1 Å². The van der Waals surface area contributed by atoms with Crippen LogP contribution >= 0.6 is 27.5 Å². The number of nitrogens with one attached hydrogen (secondary N) is 1. The van der Waals surface area contributed by atoms with Crippen molar-refractivity contribution in [2.24, 2.45) is 0 Å². The second-order valence-corrected chi connectivity index (χ2v) is 5.71. The summed E-state index contributed by atoms with van der Waals surface area (Å²) in [5.74, 6) is -0.710. The molecule has 1 unspecified atom stereocenters. The summed E-state index contributed by atoms with van der Waals surface area (Å²) in [7, 11) is 1.72. The van der Waals surface area contributed by atoms with Crippen LogP contribution in [0.5, 0.6) is 0 Å². The molecule has 0 aliphatic rings. The SMILES string of the molecule is CNC(Cc1ccc(Cl)cc1F)c1c(F)cccc1Br. The Morgan fingerprint density at radius 3 is 2.55 bits per heavy atom. The number of hydrogen-bond donors (Lipinski definition) is 1. The van der Waals surface area contributed by atoms with E-state index in [2.05, 4.69) is 21.2 Å². The van der Waals surface area contributed by atoms with Crippen molar-refractivity contribution in [3.8, 4) is 0 Å². The maximum Gasteiger partial charge on any atom is 0.129 e. The van der Waals surface area contributed by atoms with Gasteiger partial charge in [-0.3, -0.25) is 0 Å². The number of hydrogen-bond acceptors (Lipinski definition) is 1. The van der Waals surface area contributed by atoms with Gasteiger partial charge in [-0.2, -0.15) is 0 Å². The quantitative estimate of drug-likeness (QED) is 0.819. The molecule has 2 rings (SSSR count). The van der Waals surface area contributed by atoms with E-state index in [-0.39, 0.29) is 17.7 Å². The fourth-order valence-electron chi connectivity index (χ4n) is 2.10. The van der Waals surface area contributed by atoms with Gasteiger partial charge < -0.3 is 5.32 Å². The molecule has 0 amide bonds. The van der Waals surface area contributed by atoms with E-state index in [0.717, 1.165) is 0 Å². The molecule has 0 heterocycles. The van der Waals surface area contributed by atoms with Gasteiger partial charge in [0, 0.05) is 21.1 Å². The topological polar surface area (TPSA) is 12.0 Å². The van der Waals surface area contributed by atoms with Crippen LogP contribution in [0, 0.1) is 11.6 Å². The Hall–Kier alpha value is -0.970. The third-order valence-electron chi connectivity index (χ3n) is 3.14. The van der Waals surface area contributed by atoms with Gasteiger partial charge >= 0.3 is 0 Å². The molecule has 0 radical (unpaired) electrons. The van der Waals surface area contributed by atoms with Crippen molar-refractivity contribution < 1.29 is 8.78 Å². The van der Waals surface area contributed by atoms with E-state index in [0.29, 0.717) is 27.0 Å². The molecule has 106 valence electrons. The Balaban J connectivity index is 2.34. The smallest absolute Gasteiger partial charge is 0.129 e. The van der Waals surface area contributed by atoms with Gasteiger partial charge in [-0.25, -0.2) is 8.78 Å². The summed E-state index contributed by atoms with van der Waals surface area (Å²) in [6, 6.07) is 8.96.